The fraction of sp³-hybridized carbons (Fsp3) is 0.0769. The highest BCUT2D eigenvalue weighted by Crippen LogP contribution is 2.20. The first-order valence-electron chi connectivity index (χ1n) is 5.74. The summed E-state index contributed by atoms with van der Waals surface area (Å²) in [4.78, 5) is 27.2. The molecule has 1 aliphatic heterocycles. The molecule has 94 valence electrons. The summed E-state index contributed by atoms with van der Waals surface area (Å²) in [7, 11) is 0. The standard InChI is InChI=1S/C13H10N4O2/c18-11-7-10(16-17-11)13(19)15-9-5-1-3-8-4-2-6-14-12(8)9/h1-6H,7H2,(H,15,19)(H,17,18). The summed E-state index contributed by atoms with van der Waals surface area (Å²) in [5.74, 6) is -0.669. The van der Waals surface area contributed by atoms with Crippen molar-refractivity contribution in [2.24, 2.45) is 5.10 Å². The van der Waals surface area contributed by atoms with Crippen LogP contribution in [0.2, 0.25) is 0 Å². The lowest BCUT2D eigenvalue weighted by atomic mass is 10.2. The number of fused-ring (bicyclic) bond motifs is 1. The molecule has 0 unspecified atom stereocenters. The zero-order valence-corrected chi connectivity index (χ0v) is 9.88. The van der Waals surface area contributed by atoms with Gasteiger partial charge in [-0.2, -0.15) is 5.10 Å². The quantitative estimate of drug-likeness (QED) is 0.840. The maximum atomic E-state index is 11.9. The van der Waals surface area contributed by atoms with Gasteiger partial charge in [0.1, 0.15) is 5.71 Å². The Morgan fingerprint density at radius 3 is 2.89 bits per heavy atom. The molecule has 0 aliphatic carbocycles. The summed E-state index contributed by atoms with van der Waals surface area (Å²) in [5.41, 5.74) is 3.73. The van der Waals surface area contributed by atoms with E-state index in [1.807, 2.05) is 24.3 Å². The molecule has 1 aliphatic rings. The molecule has 0 saturated carbocycles. The van der Waals surface area contributed by atoms with Gasteiger partial charge in [0.25, 0.3) is 5.91 Å². The van der Waals surface area contributed by atoms with E-state index in [1.54, 1.807) is 12.3 Å². The molecule has 19 heavy (non-hydrogen) atoms. The van der Waals surface area contributed by atoms with E-state index in [-0.39, 0.29) is 18.0 Å². The molecule has 3 rings (SSSR count). The number of rotatable bonds is 2. The third kappa shape index (κ3) is 2.15. The SMILES string of the molecule is O=C1CC(C(=O)Nc2cccc3cccnc23)=NN1. The van der Waals surface area contributed by atoms with Gasteiger partial charge in [0.15, 0.2) is 0 Å². The average Bonchev–Trinajstić information content (AvgIpc) is 2.86. The van der Waals surface area contributed by atoms with Gasteiger partial charge in [0.2, 0.25) is 5.91 Å². The number of hydrogen-bond acceptors (Lipinski definition) is 4. The molecule has 0 saturated heterocycles. The van der Waals surface area contributed by atoms with Gasteiger partial charge in [-0.15, -0.1) is 0 Å². The Kier molecular flexibility index (Phi) is 2.68. The first-order valence-corrected chi connectivity index (χ1v) is 5.74. The largest absolute Gasteiger partial charge is 0.319 e. The molecule has 1 aromatic carbocycles. The molecule has 2 amide bonds. The van der Waals surface area contributed by atoms with E-state index in [2.05, 4.69) is 20.8 Å². The maximum Gasteiger partial charge on any atom is 0.272 e. The van der Waals surface area contributed by atoms with Gasteiger partial charge in [-0.25, -0.2) is 5.43 Å². The number of carbonyl (C=O) groups excluding carboxylic acids is 2. The molecule has 0 atom stereocenters. The second kappa shape index (κ2) is 4.49. The number of para-hydroxylation sites is 1. The minimum atomic E-state index is -0.392. The fourth-order valence-corrected chi connectivity index (χ4v) is 1.89. The summed E-state index contributed by atoms with van der Waals surface area (Å²) in [6, 6.07) is 9.25. The number of amides is 2. The molecule has 2 aromatic rings. The van der Waals surface area contributed by atoms with Gasteiger partial charge in [-0.3, -0.25) is 14.6 Å². The van der Waals surface area contributed by atoms with Crippen molar-refractivity contribution in [2.75, 3.05) is 5.32 Å². The highest BCUT2D eigenvalue weighted by atomic mass is 16.2. The molecule has 6 heteroatoms. The summed E-state index contributed by atoms with van der Waals surface area (Å²) in [6.07, 6.45) is 1.67. The lowest BCUT2D eigenvalue weighted by Crippen LogP contribution is -2.22. The van der Waals surface area contributed by atoms with Crippen LogP contribution in [-0.4, -0.2) is 22.5 Å². The summed E-state index contributed by atoms with van der Waals surface area (Å²) >= 11 is 0. The van der Waals surface area contributed by atoms with Crippen LogP contribution in [0.15, 0.2) is 41.6 Å². The highest BCUT2D eigenvalue weighted by molar-refractivity contribution is 6.47. The molecular weight excluding hydrogens is 244 g/mol. The zero-order chi connectivity index (χ0) is 13.2. The highest BCUT2D eigenvalue weighted by Gasteiger charge is 2.21. The Hall–Kier alpha value is -2.76. The van der Waals surface area contributed by atoms with Crippen LogP contribution in [0.4, 0.5) is 5.69 Å². The van der Waals surface area contributed by atoms with Crippen molar-refractivity contribution in [3.8, 4) is 0 Å². The molecule has 0 spiro atoms. The molecule has 6 nitrogen and oxygen atoms in total. The van der Waals surface area contributed by atoms with Crippen molar-refractivity contribution in [3.05, 3.63) is 36.5 Å². The van der Waals surface area contributed by atoms with E-state index >= 15 is 0 Å². The van der Waals surface area contributed by atoms with Gasteiger partial charge in [-0.05, 0) is 12.1 Å². The van der Waals surface area contributed by atoms with Gasteiger partial charge >= 0.3 is 0 Å². The Morgan fingerprint density at radius 2 is 2.11 bits per heavy atom. The van der Waals surface area contributed by atoms with Crippen LogP contribution in [0.3, 0.4) is 0 Å². The van der Waals surface area contributed by atoms with Gasteiger partial charge in [-0.1, -0.05) is 18.2 Å². The van der Waals surface area contributed by atoms with Gasteiger partial charge in [0.05, 0.1) is 17.6 Å². The van der Waals surface area contributed by atoms with Crippen molar-refractivity contribution in [1.82, 2.24) is 10.4 Å². The smallest absolute Gasteiger partial charge is 0.272 e. The predicted octanol–water partition coefficient (Wildman–Crippen LogP) is 1.05. The van der Waals surface area contributed by atoms with Crippen LogP contribution in [0, 0.1) is 0 Å². The predicted molar refractivity (Wildman–Crippen MR) is 70.6 cm³/mol. The number of aromatic nitrogens is 1. The van der Waals surface area contributed by atoms with Crippen LogP contribution >= 0.6 is 0 Å². The number of pyridine rings is 1. The second-order valence-corrected chi connectivity index (χ2v) is 4.11. The number of hydrogen-bond donors (Lipinski definition) is 2. The van der Waals surface area contributed by atoms with E-state index in [0.29, 0.717) is 11.2 Å². The van der Waals surface area contributed by atoms with Gasteiger partial charge in [0, 0.05) is 11.6 Å². The number of nitrogens with one attached hydrogen (secondary N) is 2. The first-order chi connectivity index (χ1) is 9.24. The van der Waals surface area contributed by atoms with Crippen molar-refractivity contribution >= 4 is 34.1 Å². The number of hydrazone groups is 1. The van der Waals surface area contributed by atoms with Crippen LogP contribution in [0.5, 0.6) is 0 Å². The van der Waals surface area contributed by atoms with Gasteiger partial charge < -0.3 is 5.32 Å². The zero-order valence-electron chi connectivity index (χ0n) is 9.88. The number of nitrogens with zero attached hydrogens (tertiary/aromatic N) is 2. The third-order valence-electron chi connectivity index (χ3n) is 2.79. The van der Waals surface area contributed by atoms with Crippen LogP contribution in [0.25, 0.3) is 10.9 Å². The first kappa shape index (κ1) is 11.3. The van der Waals surface area contributed by atoms with Crippen molar-refractivity contribution in [3.63, 3.8) is 0 Å². The Balaban J connectivity index is 1.90. The maximum absolute atomic E-state index is 11.9. The molecule has 2 heterocycles. The minimum Gasteiger partial charge on any atom is -0.319 e. The monoisotopic (exact) mass is 254 g/mol. The Labute approximate surface area is 108 Å². The van der Waals surface area contributed by atoms with Crippen LogP contribution in [0.1, 0.15) is 6.42 Å². The summed E-state index contributed by atoms with van der Waals surface area (Å²) in [5, 5.41) is 7.33. The van der Waals surface area contributed by atoms with Crippen molar-refractivity contribution in [2.45, 2.75) is 6.42 Å². The topological polar surface area (TPSA) is 83.5 Å². The van der Waals surface area contributed by atoms with E-state index in [4.69, 9.17) is 0 Å². The lowest BCUT2D eigenvalue weighted by Gasteiger charge is -2.06. The summed E-state index contributed by atoms with van der Waals surface area (Å²) < 4.78 is 0. The molecular formula is C13H10N4O2. The van der Waals surface area contributed by atoms with E-state index in [1.165, 1.54) is 0 Å². The molecule has 0 bridgehead atoms. The molecule has 2 N–H and O–H groups in total. The molecule has 0 radical (unpaired) electrons. The molecule has 0 fully saturated rings. The fourth-order valence-electron chi connectivity index (χ4n) is 1.89. The molecule has 1 aromatic heterocycles. The van der Waals surface area contributed by atoms with E-state index in [0.717, 1.165) is 5.39 Å². The summed E-state index contributed by atoms with van der Waals surface area (Å²) in [6.45, 7) is 0. The number of carbonyl (C=O) groups is 2. The van der Waals surface area contributed by atoms with Crippen LogP contribution in [-0.2, 0) is 9.59 Å². The van der Waals surface area contributed by atoms with E-state index in [9.17, 15) is 9.59 Å². The Bertz CT molecular complexity index is 703. The van der Waals surface area contributed by atoms with Crippen molar-refractivity contribution < 1.29 is 9.59 Å². The minimum absolute atomic E-state index is 0.00400. The third-order valence-corrected chi connectivity index (χ3v) is 2.79. The number of anilines is 1. The second-order valence-electron chi connectivity index (χ2n) is 4.11. The van der Waals surface area contributed by atoms with E-state index < -0.39 is 5.91 Å². The average molecular weight is 254 g/mol. The Morgan fingerprint density at radius 1 is 1.26 bits per heavy atom. The normalized spacial score (nSPS) is 14.1. The number of benzene rings is 1. The van der Waals surface area contributed by atoms with Crippen molar-refractivity contribution in [1.29, 1.82) is 0 Å². The lowest BCUT2D eigenvalue weighted by molar-refractivity contribution is -0.119. The van der Waals surface area contributed by atoms with Crippen LogP contribution < -0.4 is 10.7 Å².